The Hall–Kier alpha value is -1.99. The fourth-order valence-electron chi connectivity index (χ4n) is 2.76. The highest BCUT2D eigenvalue weighted by atomic mass is 19.3. The molecule has 1 unspecified atom stereocenters. The van der Waals surface area contributed by atoms with Crippen molar-refractivity contribution in [2.24, 2.45) is 13.0 Å². The molecular weight excluding hydrogens is 278 g/mol. The Kier molecular flexibility index (Phi) is 3.38. The van der Waals surface area contributed by atoms with Crippen molar-refractivity contribution in [1.82, 2.24) is 19.7 Å². The third-order valence-electron chi connectivity index (χ3n) is 4.04. The minimum atomic E-state index is -2.62. The first-order valence-corrected chi connectivity index (χ1v) is 7.04. The van der Waals surface area contributed by atoms with E-state index >= 15 is 0 Å². The average Bonchev–Trinajstić information content (AvgIpc) is 2.79. The van der Waals surface area contributed by atoms with E-state index in [1.807, 2.05) is 0 Å². The van der Waals surface area contributed by atoms with Crippen molar-refractivity contribution in [3.8, 4) is 0 Å². The van der Waals surface area contributed by atoms with E-state index in [0.29, 0.717) is 29.7 Å². The van der Waals surface area contributed by atoms with Gasteiger partial charge in [0.25, 0.3) is 5.92 Å². The molecule has 0 aliphatic heterocycles. The van der Waals surface area contributed by atoms with Crippen molar-refractivity contribution >= 4 is 22.8 Å². The first kappa shape index (κ1) is 14.0. The van der Waals surface area contributed by atoms with Crippen LogP contribution in [0.4, 0.5) is 20.5 Å². The topological polar surface area (TPSA) is 81.7 Å². The van der Waals surface area contributed by atoms with Crippen LogP contribution < -0.4 is 11.1 Å². The second kappa shape index (κ2) is 5.09. The summed E-state index contributed by atoms with van der Waals surface area (Å²) in [6, 6.07) is 0. The molecule has 8 heteroatoms. The zero-order chi connectivity index (χ0) is 15.0. The number of nitrogen functional groups attached to an aromatic ring is 1. The van der Waals surface area contributed by atoms with Crippen LogP contribution in [0.2, 0.25) is 0 Å². The highest BCUT2D eigenvalue weighted by Gasteiger charge is 2.41. The van der Waals surface area contributed by atoms with Gasteiger partial charge in [-0.2, -0.15) is 15.1 Å². The van der Waals surface area contributed by atoms with Crippen molar-refractivity contribution < 1.29 is 8.78 Å². The van der Waals surface area contributed by atoms with Crippen LogP contribution >= 0.6 is 0 Å². The van der Waals surface area contributed by atoms with Gasteiger partial charge in [-0.25, -0.2) is 8.78 Å². The normalized spacial score (nSPS) is 21.6. The Labute approximate surface area is 120 Å². The number of fused-ring (bicyclic) bond motifs is 1. The number of alkyl halides is 2. The third kappa shape index (κ3) is 2.62. The number of aromatic nitrogens is 4. The molecule has 2 aromatic heterocycles. The SMILES string of the molecule is Cn1ncc2c(N)nc(NCC3CCCCC3(F)F)nc21. The monoisotopic (exact) mass is 296 g/mol. The Morgan fingerprint density at radius 2 is 2.24 bits per heavy atom. The van der Waals surface area contributed by atoms with E-state index in [1.54, 1.807) is 17.9 Å². The summed E-state index contributed by atoms with van der Waals surface area (Å²) in [5, 5.41) is 7.61. The van der Waals surface area contributed by atoms with Crippen molar-refractivity contribution in [1.29, 1.82) is 0 Å². The van der Waals surface area contributed by atoms with Crippen LogP contribution in [0, 0.1) is 5.92 Å². The van der Waals surface area contributed by atoms with Crippen molar-refractivity contribution in [3.05, 3.63) is 6.20 Å². The van der Waals surface area contributed by atoms with Gasteiger partial charge in [-0.15, -0.1) is 0 Å². The Balaban J connectivity index is 1.77. The zero-order valence-electron chi connectivity index (χ0n) is 11.8. The molecular formula is C13H18F2N6. The summed E-state index contributed by atoms with van der Waals surface area (Å²) in [6.45, 7) is 0.149. The number of halogens is 2. The first-order valence-electron chi connectivity index (χ1n) is 7.04. The molecule has 114 valence electrons. The molecule has 1 aliphatic rings. The molecule has 1 aliphatic carbocycles. The standard InChI is InChI=1S/C13H18F2N6/c1-21-11-9(7-18-21)10(16)19-12(20-11)17-6-8-4-2-3-5-13(8,14)15/h7-8H,2-6H2,1H3,(H3,16,17,19,20). The molecule has 1 fully saturated rings. The summed E-state index contributed by atoms with van der Waals surface area (Å²) in [5.41, 5.74) is 6.42. The van der Waals surface area contributed by atoms with Crippen LogP contribution in [-0.2, 0) is 7.05 Å². The van der Waals surface area contributed by atoms with Crippen molar-refractivity contribution in [2.75, 3.05) is 17.6 Å². The van der Waals surface area contributed by atoms with E-state index in [-0.39, 0.29) is 18.9 Å². The minimum Gasteiger partial charge on any atom is -0.383 e. The van der Waals surface area contributed by atoms with E-state index in [9.17, 15) is 8.78 Å². The van der Waals surface area contributed by atoms with E-state index in [2.05, 4.69) is 20.4 Å². The fourth-order valence-corrected chi connectivity index (χ4v) is 2.76. The lowest BCUT2D eigenvalue weighted by atomic mass is 9.85. The summed E-state index contributed by atoms with van der Waals surface area (Å²) in [7, 11) is 1.74. The maximum absolute atomic E-state index is 13.8. The number of rotatable bonds is 3. The molecule has 1 atom stereocenters. The summed E-state index contributed by atoms with van der Waals surface area (Å²) in [4.78, 5) is 8.39. The lowest BCUT2D eigenvalue weighted by molar-refractivity contribution is -0.0802. The Morgan fingerprint density at radius 1 is 1.43 bits per heavy atom. The molecule has 3 rings (SSSR count). The molecule has 0 saturated heterocycles. The molecule has 2 heterocycles. The molecule has 0 aromatic carbocycles. The van der Waals surface area contributed by atoms with Gasteiger partial charge < -0.3 is 11.1 Å². The Morgan fingerprint density at radius 3 is 3.00 bits per heavy atom. The number of nitrogens with one attached hydrogen (secondary N) is 1. The molecule has 21 heavy (non-hydrogen) atoms. The van der Waals surface area contributed by atoms with Gasteiger partial charge in [0.2, 0.25) is 5.95 Å². The van der Waals surface area contributed by atoms with Gasteiger partial charge in [-0.05, 0) is 12.8 Å². The number of hydrogen-bond acceptors (Lipinski definition) is 5. The van der Waals surface area contributed by atoms with Crippen LogP contribution in [0.5, 0.6) is 0 Å². The predicted molar refractivity (Wildman–Crippen MR) is 76.1 cm³/mol. The van der Waals surface area contributed by atoms with E-state index in [4.69, 9.17) is 5.73 Å². The minimum absolute atomic E-state index is 0.0386. The molecule has 1 saturated carbocycles. The smallest absolute Gasteiger partial charge is 0.252 e. The quantitative estimate of drug-likeness (QED) is 0.907. The van der Waals surface area contributed by atoms with Crippen LogP contribution in [0.25, 0.3) is 11.0 Å². The van der Waals surface area contributed by atoms with Crippen LogP contribution in [0.15, 0.2) is 6.20 Å². The third-order valence-corrected chi connectivity index (χ3v) is 4.04. The van der Waals surface area contributed by atoms with Gasteiger partial charge in [-0.1, -0.05) is 6.42 Å². The lowest BCUT2D eigenvalue weighted by Crippen LogP contribution is -2.36. The highest BCUT2D eigenvalue weighted by molar-refractivity contribution is 5.86. The largest absolute Gasteiger partial charge is 0.383 e. The molecule has 0 spiro atoms. The molecule has 0 radical (unpaired) electrons. The predicted octanol–water partition coefficient (Wildman–Crippen LogP) is 2.18. The van der Waals surface area contributed by atoms with Crippen LogP contribution in [0.1, 0.15) is 25.7 Å². The van der Waals surface area contributed by atoms with Gasteiger partial charge in [0.05, 0.1) is 11.6 Å². The molecule has 0 bridgehead atoms. The number of nitrogens with zero attached hydrogens (tertiary/aromatic N) is 4. The first-order chi connectivity index (χ1) is 9.97. The van der Waals surface area contributed by atoms with E-state index in [0.717, 1.165) is 6.42 Å². The number of aryl methyl sites for hydroxylation is 1. The fraction of sp³-hybridized carbons (Fsp3) is 0.615. The summed E-state index contributed by atoms with van der Waals surface area (Å²) in [6.07, 6.45) is 3.50. The number of hydrogen-bond donors (Lipinski definition) is 2. The maximum Gasteiger partial charge on any atom is 0.252 e. The molecule has 3 N–H and O–H groups in total. The summed E-state index contributed by atoms with van der Waals surface area (Å²) < 4.78 is 29.2. The van der Waals surface area contributed by atoms with Gasteiger partial charge in [-0.3, -0.25) is 4.68 Å². The number of anilines is 2. The van der Waals surface area contributed by atoms with Crippen LogP contribution in [0.3, 0.4) is 0 Å². The molecule has 2 aromatic rings. The second-order valence-corrected chi connectivity index (χ2v) is 5.52. The van der Waals surface area contributed by atoms with Gasteiger partial charge in [0.15, 0.2) is 5.65 Å². The zero-order valence-corrected chi connectivity index (χ0v) is 11.8. The number of nitrogens with two attached hydrogens (primary N) is 1. The highest BCUT2D eigenvalue weighted by Crippen LogP contribution is 2.38. The maximum atomic E-state index is 13.8. The van der Waals surface area contributed by atoms with Gasteiger partial charge in [0, 0.05) is 25.9 Å². The summed E-state index contributed by atoms with van der Waals surface area (Å²) >= 11 is 0. The lowest BCUT2D eigenvalue weighted by Gasteiger charge is -2.31. The van der Waals surface area contributed by atoms with Crippen molar-refractivity contribution in [3.63, 3.8) is 0 Å². The van der Waals surface area contributed by atoms with E-state index < -0.39 is 11.8 Å². The van der Waals surface area contributed by atoms with Crippen LogP contribution in [-0.4, -0.2) is 32.2 Å². The molecule has 6 nitrogen and oxygen atoms in total. The van der Waals surface area contributed by atoms with E-state index in [1.165, 1.54) is 0 Å². The van der Waals surface area contributed by atoms with Gasteiger partial charge in [0.1, 0.15) is 5.82 Å². The summed E-state index contributed by atoms with van der Waals surface area (Å²) in [5.74, 6) is -2.73. The Bertz CT molecular complexity index is 653. The van der Waals surface area contributed by atoms with Gasteiger partial charge >= 0.3 is 0 Å². The second-order valence-electron chi connectivity index (χ2n) is 5.52. The average molecular weight is 296 g/mol. The molecule has 0 amide bonds. The van der Waals surface area contributed by atoms with Crippen molar-refractivity contribution in [2.45, 2.75) is 31.6 Å².